The van der Waals surface area contributed by atoms with Crippen LogP contribution in [0, 0.1) is 0 Å². The second kappa shape index (κ2) is 5.81. The van der Waals surface area contributed by atoms with Crippen molar-refractivity contribution >= 4 is 11.8 Å². The van der Waals surface area contributed by atoms with Crippen molar-refractivity contribution in [1.29, 1.82) is 0 Å². The van der Waals surface area contributed by atoms with Crippen molar-refractivity contribution in [3.63, 3.8) is 0 Å². The zero-order chi connectivity index (χ0) is 12.1. The highest BCUT2D eigenvalue weighted by molar-refractivity contribution is 5.89. The molecule has 0 aromatic rings. The molecule has 1 rings (SSSR count). The zero-order valence-corrected chi connectivity index (χ0v) is 9.73. The number of nitrogens with zero attached hydrogens (tertiary/aromatic N) is 1. The van der Waals surface area contributed by atoms with Crippen LogP contribution in [0.5, 0.6) is 0 Å². The van der Waals surface area contributed by atoms with Crippen LogP contribution in [-0.4, -0.2) is 55.1 Å². The third-order valence-corrected chi connectivity index (χ3v) is 2.47. The molecular weight excluding hydrogens is 210 g/mol. The first-order valence-electron chi connectivity index (χ1n) is 5.45. The van der Waals surface area contributed by atoms with Crippen molar-refractivity contribution in [3.8, 4) is 0 Å². The lowest BCUT2D eigenvalue weighted by molar-refractivity contribution is -0.139. The molecule has 1 heterocycles. The molecule has 6 heteroatoms. The van der Waals surface area contributed by atoms with Gasteiger partial charge >= 0.3 is 0 Å². The predicted molar refractivity (Wildman–Crippen MR) is 58.7 cm³/mol. The molecule has 1 fully saturated rings. The second-order valence-corrected chi connectivity index (χ2v) is 3.96. The molecule has 0 saturated carbocycles. The average Bonchev–Trinajstić information content (AvgIpc) is 2.28. The lowest BCUT2D eigenvalue weighted by atomic mass is 10.2. The summed E-state index contributed by atoms with van der Waals surface area (Å²) in [5.41, 5.74) is 5.41. The maximum Gasteiger partial charge on any atom is 0.245 e. The van der Waals surface area contributed by atoms with Crippen LogP contribution in [0.3, 0.4) is 0 Å². The SMILES string of the molecule is CC(N)C(=O)NC(C)C(=O)N1CCOCC1. The zero-order valence-electron chi connectivity index (χ0n) is 9.73. The number of carbonyl (C=O) groups is 2. The Morgan fingerprint density at radius 1 is 1.31 bits per heavy atom. The number of nitrogens with two attached hydrogens (primary N) is 1. The van der Waals surface area contributed by atoms with Crippen molar-refractivity contribution in [1.82, 2.24) is 10.2 Å². The normalized spacial score (nSPS) is 20.1. The minimum Gasteiger partial charge on any atom is -0.378 e. The summed E-state index contributed by atoms with van der Waals surface area (Å²) in [4.78, 5) is 24.9. The van der Waals surface area contributed by atoms with Crippen molar-refractivity contribution < 1.29 is 14.3 Å². The van der Waals surface area contributed by atoms with E-state index >= 15 is 0 Å². The van der Waals surface area contributed by atoms with E-state index in [1.807, 2.05) is 0 Å². The summed E-state index contributed by atoms with van der Waals surface area (Å²) in [6.45, 7) is 5.52. The van der Waals surface area contributed by atoms with Gasteiger partial charge in [0.05, 0.1) is 19.3 Å². The predicted octanol–water partition coefficient (Wildman–Crippen LogP) is -1.30. The fourth-order valence-corrected chi connectivity index (χ4v) is 1.46. The van der Waals surface area contributed by atoms with Crippen molar-refractivity contribution in [2.45, 2.75) is 25.9 Å². The molecule has 6 nitrogen and oxygen atoms in total. The molecule has 16 heavy (non-hydrogen) atoms. The molecule has 0 aromatic carbocycles. The second-order valence-electron chi connectivity index (χ2n) is 3.96. The van der Waals surface area contributed by atoms with Gasteiger partial charge in [0.25, 0.3) is 0 Å². The van der Waals surface area contributed by atoms with E-state index in [1.54, 1.807) is 18.7 Å². The number of carbonyl (C=O) groups excluding carboxylic acids is 2. The van der Waals surface area contributed by atoms with Gasteiger partial charge in [0.15, 0.2) is 0 Å². The summed E-state index contributed by atoms with van der Waals surface area (Å²) in [6.07, 6.45) is 0. The minimum atomic E-state index is -0.597. The Kier molecular flexibility index (Phi) is 4.70. The summed E-state index contributed by atoms with van der Waals surface area (Å²) in [5, 5.41) is 2.58. The van der Waals surface area contributed by atoms with Gasteiger partial charge in [-0.1, -0.05) is 0 Å². The number of rotatable bonds is 3. The Morgan fingerprint density at radius 2 is 1.88 bits per heavy atom. The fraction of sp³-hybridized carbons (Fsp3) is 0.800. The van der Waals surface area contributed by atoms with Crippen LogP contribution in [0.4, 0.5) is 0 Å². The third kappa shape index (κ3) is 3.46. The number of hydrogen-bond donors (Lipinski definition) is 2. The first-order chi connectivity index (χ1) is 7.52. The summed E-state index contributed by atoms with van der Waals surface area (Å²) >= 11 is 0. The molecule has 2 atom stereocenters. The maximum absolute atomic E-state index is 11.9. The standard InChI is InChI=1S/C10H19N3O3/c1-7(11)9(14)12-8(2)10(15)13-3-5-16-6-4-13/h7-8H,3-6,11H2,1-2H3,(H,12,14). The summed E-state index contributed by atoms with van der Waals surface area (Å²) in [7, 11) is 0. The Bertz CT molecular complexity index is 262. The van der Waals surface area contributed by atoms with Gasteiger partial charge in [-0.25, -0.2) is 0 Å². The van der Waals surface area contributed by atoms with Gasteiger partial charge in [-0.05, 0) is 13.8 Å². The topological polar surface area (TPSA) is 84.7 Å². The molecule has 2 amide bonds. The Labute approximate surface area is 95.1 Å². The molecule has 92 valence electrons. The molecule has 1 saturated heterocycles. The molecule has 0 aromatic heterocycles. The summed E-state index contributed by atoms with van der Waals surface area (Å²) in [6, 6.07) is -1.13. The van der Waals surface area contributed by atoms with Gasteiger partial charge in [-0.15, -0.1) is 0 Å². The van der Waals surface area contributed by atoms with Crippen molar-refractivity contribution in [2.24, 2.45) is 5.73 Å². The molecule has 0 bridgehead atoms. The van der Waals surface area contributed by atoms with Crippen LogP contribution in [0.25, 0.3) is 0 Å². The lowest BCUT2D eigenvalue weighted by Gasteiger charge is -2.29. The minimum absolute atomic E-state index is 0.0858. The largest absolute Gasteiger partial charge is 0.378 e. The quantitative estimate of drug-likeness (QED) is 0.630. The summed E-state index contributed by atoms with van der Waals surface area (Å²) in [5.74, 6) is -0.397. The van der Waals surface area contributed by atoms with Crippen LogP contribution < -0.4 is 11.1 Å². The molecule has 0 radical (unpaired) electrons. The number of morpholine rings is 1. The molecule has 3 N–H and O–H groups in total. The first kappa shape index (κ1) is 12.9. The highest BCUT2D eigenvalue weighted by Crippen LogP contribution is 2.00. The van der Waals surface area contributed by atoms with E-state index in [2.05, 4.69) is 5.32 Å². The molecule has 2 unspecified atom stereocenters. The highest BCUT2D eigenvalue weighted by atomic mass is 16.5. The number of amides is 2. The fourth-order valence-electron chi connectivity index (χ4n) is 1.46. The smallest absolute Gasteiger partial charge is 0.245 e. The number of nitrogens with one attached hydrogen (secondary N) is 1. The third-order valence-electron chi connectivity index (χ3n) is 2.47. The van der Waals surface area contributed by atoms with E-state index in [9.17, 15) is 9.59 Å². The van der Waals surface area contributed by atoms with Gasteiger partial charge in [-0.2, -0.15) is 0 Å². The molecule has 0 spiro atoms. The van der Waals surface area contributed by atoms with E-state index < -0.39 is 12.1 Å². The van der Waals surface area contributed by atoms with Gasteiger partial charge in [0.1, 0.15) is 6.04 Å². The van der Waals surface area contributed by atoms with Crippen LogP contribution in [0.1, 0.15) is 13.8 Å². The molecule has 1 aliphatic heterocycles. The van der Waals surface area contributed by atoms with E-state index in [0.717, 1.165) is 0 Å². The highest BCUT2D eigenvalue weighted by Gasteiger charge is 2.24. The van der Waals surface area contributed by atoms with Crippen molar-refractivity contribution in [3.05, 3.63) is 0 Å². The lowest BCUT2D eigenvalue weighted by Crippen LogP contribution is -2.52. The van der Waals surface area contributed by atoms with Crippen LogP contribution >= 0.6 is 0 Å². The molecule has 1 aliphatic rings. The van der Waals surface area contributed by atoms with Gasteiger partial charge in [0.2, 0.25) is 11.8 Å². The Hall–Kier alpha value is -1.14. The van der Waals surface area contributed by atoms with Crippen LogP contribution in [-0.2, 0) is 14.3 Å². The van der Waals surface area contributed by atoms with Crippen LogP contribution in [0.2, 0.25) is 0 Å². The van der Waals surface area contributed by atoms with Gasteiger partial charge in [-0.3, -0.25) is 9.59 Å². The number of hydrogen-bond acceptors (Lipinski definition) is 4. The van der Waals surface area contributed by atoms with Gasteiger partial charge in [0, 0.05) is 13.1 Å². The monoisotopic (exact) mass is 229 g/mol. The number of ether oxygens (including phenoxy) is 1. The van der Waals surface area contributed by atoms with Crippen molar-refractivity contribution in [2.75, 3.05) is 26.3 Å². The summed E-state index contributed by atoms with van der Waals surface area (Å²) < 4.78 is 5.15. The molecular formula is C10H19N3O3. The molecule has 0 aliphatic carbocycles. The van der Waals surface area contributed by atoms with E-state index in [1.165, 1.54) is 0 Å². The van der Waals surface area contributed by atoms with Gasteiger partial charge < -0.3 is 20.7 Å². The Morgan fingerprint density at radius 3 is 2.38 bits per heavy atom. The van der Waals surface area contributed by atoms with Crippen LogP contribution in [0.15, 0.2) is 0 Å². The first-order valence-corrected chi connectivity index (χ1v) is 5.45. The van der Waals surface area contributed by atoms with E-state index in [4.69, 9.17) is 10.5 Å². The maximum atomic E-state index is 11.9. The average molecular weight is 229 g/mol. The van der Waals surface area contributed by atoms with E-state index in [-0.39, 0.29) is 11.8 Å². The Balaban J connectivity index is 2.43. The van der Waals surface area contributed by atoms with E-state index in [0.29, 0.717) is 26.3 Å².